The number of hydrogen-bond acceptors (Lipinski definition) is 2. The molecule has 0 bridgehead atoms. The van der Waals surface area contributed by atoms with Gasteiger partial charge in [-0.05, 0) is 31.2 Å². The molecule has 0 saturated heterocycles. The van der Waals surface area contributed by atoms with Gasteiger partial charge in [-0.1, -0.05) is 0 Å². The second kappa shape index (κ2) is 3.73. The molecular formula is C11H8F2N2. The number of halogens is 2. The quantitative estimate of drug-likeness (QED) is 0.716. The van der Waals surface area contributed by atoms with Crippen LogP contribution in [-0.2, 0) is 0 Å². The summed E-state index contributed by atoms with van der Waals surface area (Å²) >= 11 is 0. The van der Waals surface area contributed by atoms with E-state index in [1.54, 1.807) is 19.1 Å². The molecule has 0 saturated carbocycles. The van der Waals surface area contributed by atoms with Crippen LogP contribution in [0.1, 0.15) is 5.69 Å². The predicted molar refractivity (Wildman–Crippen MR) is 52.1 cm³/mol. The van der Waals surface area contributed by atoms with Gasteiger partial charge in [0.05, 0.1) is 11.4 Å². The summed E-state index contributed by atoms with van der Waals surface area (Å²) in [4.78, 5) is 0. The highest BCUT2D eigenvalue weighted by molar-refractivity contribution is 5.59. The van der Waals surface area contributed by atoms with E-state index >= 15 is 0 Å². The lowest BCUT2D eigenvalue weighted by Crippen LogP contribution is -1.92. The monoisotopic (exact) mass is 206 g/mol. The molecule has 4 heteroatoms. The summed E-state index contributed by atoms with van der Waals surface area (Å²) in [5.41, 5.74) is 1.41. The second-order valence-corrected chi connectivity index (χ2v) is 3.18. The Morgan fingerprint density at radius 2 is 1.80 bits per heavy atom. The van der Waals surface area contributed by atoms with Gasteiger partial charge >= 0.3 is 0 Å². The molecule has 76 valence electrons. The summed E-state index contributed by atoms with van der Waals surface area (Å²) in [6.45, 7) is 1.79. The molecule has 15 heavy (non-hydrogen) atoms. The van der Waals surface area contributed by atoms with Gasteiger partial charge in [-0.2, -0.15) is 10.2 Å². The van der Waals surface area contributed by atoms with Crippen LogP contribution < -0.4 is 0 Å². The third-order valence-electron chi connectivity index (χ3n) is 2.00. The van der Waals surface area contributed by atoms with Crippen LogP contribution in [0, 0.1) is 18.6 Å². The average Bonchev–Trinajstić information content (AvgIpc) is 2.20. The molecule has 1 aromatic heterocycles. The van der Waals surface area contributed by atoms with Gasteiger partial charge in [-0.25, -0.2) is 8.78 Å². The number of hydrogen-bond donors (Lipinski definition) is 0. The van der Waals surface area contributed by atoms with Crippen LogP contribution in [0.15, 0.2) is 30.3 Å². The van der Waals surface area contributed by atoms with E-state index in [0.717, 1.165) is 11.8 Å². The maximum atomic E-state index is 13.3. The third kappa shape index (κ3) is 1.98. The fourth-order valence-electron chi connectivity index (χ4n) is 1.24. The van der Waals surface area contributed by atoms with Gasteiger partial charge in [0.25, 0.3) is 0 Å². The Kier molecular flexibility index (Phi) is 2.41. The molecule has 0 aliphatic heterocycles. The van der Waals surface area contributed by atoms with E-state index in [1.807, 2.05) is 0 Å². The number of aromatic nitrogens is 2. The molecule has 0 N–H and O–H groups in total. The SMILES string of the molecule is Cc1ccc(-c2ccc(F)cc2F)nn1. The van der Waals surface area contributed by atoms with Crippen molar-refractivity contribution in [2.75, 3.05) is 0 Å². The number of aryl methyl sites for hydroxylation is 1. The van der Waals surface area contributed by atoms with Gasteiger partial charge in [0, 0.05) is 11.6 Å². The molecule has 0 aliphatic rings. The van der Waals surface area contributed by atoms with Gasteiger partial charge in [-0.3, -0.25) is 0 Å². The fraction of sp³-hybridized carbons (Fsp3) is 0.0909. The van der Waals surface area contributed by atoms with Crippen LogP contribution in [0.5, 0.6) is 0 Å². The maximum absolute atomic E-state index is 13.3. The first-order chi connectivity index (χ1) is 7.16. The minimum absolute atomic E-state index is 0.254. The molecule has 1 heterocycles. The first-order valence-electron chi connectivity index (χ1n) is 4.42. The van der Waals surface area contributed by atoms with Crippen molar-refractivity contribution in [2.24, 2.45) is 0 Å². The number of benzene rings is 1. The highest BCUT2D eigenvalue weighted by atomic mass is 19.1. The Morgan fingerprint density at radius 3 is 2.40 bits per heavy atom. The van der Waals surface area contributed by atoms with Crippen LogP contribution in [0.25, 0.3) is 11.3 Å². The summed E-state index contributed by atoms with van der Waals surface area (Å²) in [5.74, 6) is -1.23. The van der Waals surface area contributed by atoms with Crippen LogP contribution in [-0.4, -0.2) is 10.2 Å². The minimum Gasteiger partial charge on any atom is -0.207 e. The van der Waals surface area contributed by atoms with Crippen LogP contribution >= 0.6 is 0 Å². The summed E-state index contributed by atoms with van der Waals surface area (Å²) in [7, 11) is 0. The molecular weight excluding hydrogens is 198 g/mol. The average molecular weight is 206 g/mol. The van der Waals surface area contributed by atoms with Crippen molar-refractivity contribution in [1.29, 1.82) is 0 Å². The van der Waals surface area contributed by atoms with Gasteiger partial charge in [-0.15, -0.1) is 0 Å². The largest absolute Gasteiger partial charge is 0.207 e. The van der Waals surface area contributed by atoms with E-state index in [9.17, 15) is 8.78 Å². The zero-order chi connectivity index (χ0) is 10.8. The summed E-state index contributed by atoms with van der Waals surface area (Å²) in [6.07, 6.45) is 0. The van der Waals surface area contributed by atoms with Gasteiger partial charge in [0.15, 0.2) is 0 Å². The van der Waals surface area contributed by atoms with Crippen molar-refractivity contribution in [3.05, 3.63) is 47.7 Å². The summed E-state index contributed by atoms with van der Waals surface area (Å²) < 4.78 is 26.0. The number of nitrogens with zero attached hydrogens (tertiary/aromatic N) is 2. The topological polar surface area (TPSA) is 25.8 Å². The molecule has 0 amide bonds. The van der Waals surface area contributed by atoms with Crippen LogP contribution in [0.3, 0.4) is 0 Å². The van der Waals surface area contributed by atoms with Gasteiger partial charge < -0.3 is 0 Å². The third-order valence-corrected chi connectivity index (χ3v) is 2.00. The van der Waals surface area contributed by atoms with E-state index in [4.69, 9.17) is 0 Å². The van der Waals surface area contributed by atoms with Crippen molar-refractivity contribution < 1.29 is 8.78 Å². The van der Waals surface area contributed by atoms with Crippen molar-refractivity contribution in [2.45, 2.75) is 6.92 Å². The molecule has 0 aliphatic carbocycles. The van der Waals surface area contributed by atoms with E-state index < -0.39 is 11.6 Å². The molecule has 0 atom stereocenters. The maximum Gasteiger partial charge on any atom is 0.135 e. The minimum atomic E-state index is -0.631. The van der Waals surface area contributed by atoms with Crippen LogP contribution in [0.2, 0.25) is 0 Å². The van der Waals surface area contributed by atoms with Gasteiger partial charge in [0.2, 0.25) is 0 Å². The zero-order valence-corrected chi connectivity index (χ0v) is 8.04. The summed E-state index contributed by atoms with van der Waals surface area (Å²) in [5, 5.41) is 7.64. The first kappa shape index (κ1) is 9.71. The van der Waals surface area contributed by atoms with Crippen LogP contribution in [0.4, 0.5) is 8.78 Å². The van der Waals surface area contributed by atoms with E-state index in [0.29, 0.717) is 5.69 Å². The fourth-order valence-corrected chi connectivity index (χ4v) is 1.24. The normalized spacial score (nSPS) is 10.3. The highest BCUT2D eigenvalue weighted by Crippen LogP contribution is 2.20. The zero-order valence-electron chi connectivity index (χ0n) is 8.04. The second-order valence-electron chi connectivity index (χ2n) is 3.18. The van der Waals surface area contributed by atoms with E-state index in [-0.39, 0.29) is 5.56 Å². The Balaban J connectivity index is 2.49. The van der Waals surface area contributed by atoms with Gasteiger partial charge in [0.1, 0.15) is 11.6 Å². The Hall–Kier alpha value is -1.84. The first-order valence-corrected chi connectivity index (χ1v) is 4.42. The molecule has 0 fully saturated rings. The summed E-state index contributed by atoms with van der Waals surface area (Å²) in [6, 6.07) is 6.75. The van der Waals surface area contributed by atoms with E-state index in [2.05, 4.69) is 10.2 Å². The van der Waals surface area contributed by atoms with Crippen molar-refractivity contribution >= 4 is 0 Å². The molecule has 0 spiro atoms. The lowest BCUT2D eigenvalue weighted by molar-refractivity contribution is 0.585. The van der Waals surface area contributed by atoms with Crippen molar-refractivity contribution in [1.82, 2.24) is 10.2 Å². The lowest BCUT2D eigenvalue weighted by atomic mass is 10.1. The Bertz CT molecular complexity index is 480. The van der Waals surface area contributed by atoms with Crippen molar-refractivity contribution in [3.63, 3.8) is 0 Å². The lowest BCUT2D eigenvalue weighted by Gasteiger charge is -2.01. The Morgan fingerprint density at radius 1 is 1.00 bits per heavy atom. The highest BCUT2D eigenvalue weighted by Gasteiger charge is 2.07. The van der Waals surface area contributed by atoms with Crippen molar-refractivity contribution in [3.8, 4) is 11.3 Å². The molecule has 0 unspecified atom stereocenters. The molecule has 2 rings (SSSR count). The Labute approximate surface area is 85.6 Å². The molecule has 2 aromatic rings. The molecule has 2 nitrogen and oxygen atoms in total. The van der Waals surface area contributed by atoms with E-state index in [1.165, 1.54) is 12.1 Å². The number of rotatable bonds is 1. The smallest absolute Gasteiger partial charge is 0.135 e. The standard InChI is InChI=1S/C11H8F2N2/c1-7-2-5-11(15-14-7)9-4-3-8(12)6-10(9)13/h2-6H,1H3. The predicted octanol–water partition coefficient (Wildman–Crippen LogP) is 2.73. The molecule has 0 radical (unpaired) electrons. The molecule has 1 aromatic carbocycles.